The standard InChI is InChI=1S/C13H19BrN2OS/c1-16(11-4-2-3-5-11)7-6-15-13(17)10-8-12(14)18-9-10/h8-9,11H,2-7H2,1H3,(H,15,17). The van der Waals surface area contributed by atoms with Crippen LogP contribution in [0.2, 0.25) is 0 Å². The van der Waals surface area contributed by atoms with Crippen LogP contribution in [-0.2, 0) is 0 Å². The molecule has 5 heteroatoms. The predicted octanol–water partition coefficient (Wildman–Crippen LogP) is 3.11. The molecule has 100 valence electrons. The minimum absolute atomic E-state index is 0.0248. The van der Waals surface area contributed by atoms with E-state index in [4.69, 9.17) is 0 Å². The van der Waals surface area contributed by atoms with Crippen molar-refractivity contribution in [3.63, 3.8) is 0 Å². The monoisotopic (exact) mass is 330 g/mol. The normalized spacial score (nSPS) is 16.4. The largest absolute Gasteiger partial charge is 0.351 e. The minimum Gasteiger partial charge on any atom is -0.351 e. The number of nitrogens with one attached hydrogen (secondary N) is 1. The fraction of sp³-hybridized carbons (Fsp3) is 0.615. The van der Waals surface area contributed by atoms with Gasteiger partial charge in [-0.25, -0.2) is 0 Å². The Morgan fingerprint density at radius 2 is 2.28 bits per heavy atom. The summed E-state index contributed by atoms with van der Waals surface area (Å²) >= 11 is 4.91. The van der Waals surface area contributed by atoms with Gasteiger partial charge in [-0.1, -0.05) is 12.8 Å². The summed E-state index contributed by atoms with van der Waals surface area (Å²) in [7, 11) is 2.16. The lowest BCUT2D eigenvalue weighted by atomic mass is 10.2. The van der Waals surface area contributed by atoms with Gasteiger partial charge in [-0.15, -0.1) is 11.3 Å². The Bertz CT molecular complexity index is 401. The molecule has 0 saturated heterocycles. The molecule has 1 amide bonds. The highest BCUT2D eigenvalue weighted by Crippen LogP contribution is 2.22. The first-order chi connectivity index (χ1) is 8.66. The lowest BCUT2D eigenvalue weighted by molar-refractivity contribution is 0.0947. The van der Waals surface area contributed by atoms with Crippen LogP contribution in [0, 0.1) is 0 Å². The molecule has 1 aliphatic carbocycles. The Hall–Kier alpha value is -0.390. The van der Waals surface area contributed by atoms with E-state index in [9.17, 15) is 4.79 Å². The third-order valence-corrected chi connectivity index (χ3v) is 5.03. The molecular weight excluding hydrogens is 312 g/mol. The summed E-state index contributed by atoms with van der Waals surface area (Å²) in [6.45, 7) is 1.65. The van der Waals surface area contributed by atoms with E-state index in [1.165, 1.54) is 37.0 Å². The maximum absolute atomic E-state index is 11.8. The van der Waals surface area contributed by atoms with Crippen LogP contribution in [0.4, 0.5) is 0 Å². The Balaban J connectivity index is 1.70. The van der Waals surface area contributed by atoms with Gasteiger partial charge in [-0.3, -0.25) is 4.79 Å². The van der Waals surface area contributed by atoms with Gasteiger partial charge >= 0.3 is 0 Å². The van der Waals surface area contributed by atoms with Gasteiger partial charge < -0.3 is 10.2 Å². The van der Waals surface area contributed by atoms with Gasteiger partial charge in [-0.05, 0) is 41.9 Å². The number of carbonyl (C=O) groups is 1. The van der Waals surface area contributed by atoms with Crippen molar-refractivity contribution >= 4 is 33.2 Å². The van der Waals surface area contributed by atoms with Gasteiger partial charge in [0.2, 0.25) is 0 Å². The summed E-state index contributed by atoms with van der Waals surface area (Å²) in [4.78, 5) is 14.2. The highest BCUT2D eigenvalue weighted by atomic mass is 79.9. The number of hydrogen-bond donors (Lipinski definition) is 1. The molecule has 1 saturated carbocycles. The topological polar surface area (TPSA) is 32.3 Å². The molecule has 1 aromatic rings. The third kappa shape index (κ3) is 3.80. The maximum atomic E-state index is 11.8. The van der Waals surface area contributed by atoms with Crippen molar-refractivity contribution in [3.8, 4) is 0 Å². The van der Waals surface area contributed by atoms with Crippen molar-refractivity contribution in [2.24, 2.45) is 0 Å². The summed E-state index contributed by atoms with van der Waals surface area (Å²) in [5.74, 6) is 0.0248. The van der Waals surface area contributed by atoms with E-state index in [0.29, 0.717) is 0 Å². The molecule has 0 spiro atoms. The predicted molar refractivity (Wildman–Crippen MR) is 79.2 cm³/mol. The first-order valence-electron chi connectivity index (χ1n) is 6.39. The van der Waals surface area contributed by atoms with Crippen LogP contribution in [-0.4, -0.2) is 37.0 Å². The van der Waals surface area contributed by atoms with Crippen molar-refractivity contribution in [1.82, 2.24) is 10.2 Å². The number of halogens is 1. The smallest absolute Gasteiger partial charge is 0.252 e. The molecule has 0 radical (unpaired) electrons. The van der Waals surface area contributed by atoms with Crippen LogP contribution in [0.15, 0.2) is 15.2 Å². The van der Waals surface area contributed by atoms with E-state index >= 15 is 0 Å². The van der Waals surface area contributed by atoms with Crippen LogP contribution in [0.1, 0.15) is 36.0 Å². The summed E-state index contributed by atoms with van der Waals surface area (Å²) in [6.07, 6.45) is 5.32. The Morgan fingerprint density at radius 1 is 1.56 bits per heavy atom. The number of rotatable bonds is 5. The van der Waals surface area contributed by atoms with E-state index in [-0.39, 0.29) is 5.91 Å². The van der Waals surface area contributed by atoms with Crippen molar-refractivity contribution in [2.45, 2.75) is 31.7 Å². The molecule has 1 heterocycles. The molecule has 1 aliphatic rings. The Kier molecular flexibility index (Phi) is 5.21. The van der Waals surface area contributed by atoms with E-state index in [1.54, 1.807) is 0 Å². The van der Waals surface area contributed by atoms with Crippen molar-refractivity contribution < 1.29 is 4.79 Å². The summed E-state index contributed by atoms with van der Waals surface area (Å²) in [5.41, 5.74) is 0.746. The second kappa shape index (κ2) is 6.68. The van der Waals surface area contributed by atoms with Crippen LogP contribution in [0.3, 0.4) is 0 Å². The molecule has 0 unspecified atom stereocenters. The lowest BCUT2D eigenvalue weighted by Crippen LogP contribution is -2.37. The van der Waals surface area contributed by atoms with Crippen LogP contribution in [0.25, 0.3) is 0 Å². The van der Waals surface area contributed by atoms with Gasteiger partial charge in [0.25, 0.3) is 5.91 Å². The Morgan fingerprint density at radius 3 is 2.89 bits per heavy atom. The summed E-state index contributed by atoms with van der Waals surface area (Å²) < 4.78 is 0.996. The number of hydrogen-bond acceptors (Lipinski definition) is 3. The van der Waals surface area contributed by atoms with Gasteiger partial charge in [0.15, 0.2) is 0 Å². The first-order valence-corrected chi connectivity index (χ1v) is 8.06. The molecule has 2 rings (SSSR count). The summed E-state index contributed by atoms with van der Waals surface area (Å²) in [5, 5.41) is 4.85. The third-order valence-electron chi connectivity index (χ3n) is 3.53. The van der Waals surface area contributed by atoms with Crippen molar-refractivity contribution in [3.05, 3.63) is 20.8 Å². The van der Waals surface area contributed by atoms with E-state index in [0.717, 1.165) is 28.5 Å². The Labute approximate surface area is 121 Å². The van der Waals surface area contributed by atoms with Gasteiger partial charge in [-0.2, -0.15) is 0 Å². The second-order valence-corrected chi connectivity index (χ2v) is 7.10. The molecule has 18 heavy (non-hydrogen) atoms. The number of nitrogens with zero attached hydrogens (tertiary/aromatic N) is 1. The molecule has 0 aliphatic heterocycles. The number of carbonyl (C=O) groups excluding carboxylic acids is 1. The van der Waals surface area contributed by atoms with Gasteiger partial charge in [0.1, 0.15) is 0 Å². The molecule has 1 N–H and O–H groups in total. The molecule has 0 atom stereocenters. The van der Waals surface area contributed by atoms with Crippen LogP contribution < -0.4 is 5.32 Å². The van der Waals surface area contributed by atoms with Gasteiger partial charge in [0.05, 0.1) is 9.35 Å². The van der Waals surface area contributed by atoms with Crippen molar-refractivity contribution in [2.75, 3.05) is 20.1 Å². The number of amides is 1. The molecule has 1 fully saturated rings. The van der Waals surface area contributed by atoms with E-state index < -0.39 is 0 Å². The maximum Gasteiger partial charge on any atom is 0.252 e. The van der Waals surface area contributed by atoms with Crippen LogP contribution >= 0.6 is 27.3 Å². The fourth-order valence-corrected chi connectivity index (χ4v) is 3.54. The van der Waals surface area contributed by atoms with E-state index in [2.05, 4.69) is 33.2 Å². The highest BCUT2D eigenvalue weighted by molar-refractivity contribution is 9.11. The molecular formula is C13H19BrN2OS. The summed E-state index contributed by atoms with van der Waals surface area (Å²) in [6, 6.07) is 2.58. The average Bonchev–Trinajstić information content (AvgIpc) is 2.99. The number of likely N-dealkylation sites (N-methyl/N-ethyl adjacent to an activating group) is 1. The minimum atomic E-state index is 0.0248. The number of thiophene rings is 1. The van der Waals surface area contributed by atoms with Crippen LogP contribution in [0.5, 0.6) is 0 Å². The highest BCUT2D eigenvalue weighted by Gasteiger charge is 2.19. The van der Waals surface area contributed by atoms with Gasteiger partial charge in [0, 0.05) is 24.5 Å². The van der Waals surface area contributed by atoms with Crippen molar-refractivity contribution in [1.29, 1.82) is 0 Å². The fourth-order valence-electron chi connectivity index (χ4n) is 2.40. The quantitative estimate of drug-likeness (QED) is 0.899. The molecule has 0 bridgehead atoms. The van der Waals surface area contributed by atoms with E-state index in [1.807, 2.05) is 11.4 Å². The molecule has 1 aromatic heterocycles. The zero-order valence-electron chi connectivity index (χ0n) is 10.6. The molecule has 3 nitrogen and oxygen atoms in total. The zero-order chi connectivity index (χ0) is 13.0. The molecule has 0 aromatic carbocycles. The zero-order valence-corrected chi connectivity index (χ0v) is 13.0. The first kappa shape index (κ1) is 14.0. The SMILES string of the molecule is CN(CCNC(=O)c1csc(Br)c1)C1CCCC1. The second-order valence-electron chi connectivity index (χ2n) is 4.81. The lowest BCUT2D eigenvalue weighted by Gasteiger charge is -2.23. The average molecular weight is 331 g/mol.